The van der Waals surface area contributed by atoms with Crippen molar-refractivity contribution in [2.24, 2.45) is 0 Å². The standard InChI is InChI=1S/C16H24N2O/c1-12-7-8-14-13(10-12)6-5-9-18(14)15(19)11-17-16(2,3)4/h7-8,10,17H,5-6,9,11H2,1-4H3. The van der Waals surface area contributed by atoms with Gasteiger partial charge >= 0.3 is 0 Å². The number of benzene rings is 1. The number of nitrogens with one attached hydrogen (secondary N) is 1. The lowest BCUT2D eigenvalue weighted by Gasteiger charge is -2.31. The molecular weight excluding hydrogens is 236 g/mol. The van der Waals surface area contributed by atoms with Crippen LogP contribution >= 0.6 is 0 Å². The summed E-state index contributed by atoms with van der Waals surface area (Å²) in [4.78, 5) is 14.3. The Kier molecular flexibility index (Phi) is 3.95. The minimum atomic E-state index is -0.0262. The fraction of sp³-hybridized carbons (Fsp3) is 0.562. The highest BCUT2D eigenvalue weighted by atomic mass is 16.2. The molecule has 0 bridgehead atoms. The second-order valence-corrected chi connectivity index (χ2v) is 6.38. The average molecular weight is 260 g/mol. The van der Waals surface area contributed by atoms with Crippen LogP contribution in [0, 0.1) is 6.92 Å². The highest BCUT2D eigenvalue weighted by Crippen LogP contribution is 2.27. The van der Waals surface area contributed by atoms with E-state index in [-0.39, 0.29) is 11.4 Å². The van der Waals surface area contributed by atoms with Gasteiger partial charge in [-0.05, 0) is 52.2 Å². The number of carbonyl (C=O) groups is 1. The van der Waals surface area contributed by atoms with Crippen LogP contribution in [0.25, 0.3) is 0 Å². The van der Waals surface area contributed by atoms with Gasteiger partial charge in [0, 0.05) is 17.8 Å². The summed E-state index contributed by atoms with van der Waals surface area (Å²) in [6.07, 6.45) is 2.13. The fourth-order valence-electron chi connectivity index (χ4n) is 2.42. The Labute approximate surface area is 116 Å². The van der Waals surface area contributed by atoms with E-state index in [9.17, 15) is 4.79 Å². The monoisotopic (exact) mass is 260 g/mol. The van der Waals surface area contributed by atoms with Crippen molar-refractivity contribution in [1.82, 2.24) is 5.32 Å². The van der Waals surface area contributed by atoms with Gasteiger partial charge in [0.25, 0.3) is 0 Å². The van der Waals surface area contributed by atoms with Gasteiger partial charge in [-0.15, -0.1) is 0 Å². The number of rotatable bonds is 2. The third kappa shape index (κ3) is 3.57. The number of anilines is 1. The van der Waals surface area contributed by atoms with Gasteiger partial charge in [0.1, 0.15) is 0 Å². The molecule has 1 aliphatic heterocycles. The molecule has 0 aromatic heterocycles. The number of carbonyl (C=O) groups excluding carboxylic acids is 1. The Bertz CT molecular complexity index is 474. The maximum atomic E-state index is 12.4. The summed E-state index contributed by atoms with van der Waals surface area (Å²) in [6, 6.07) is 6.37. The Balaban J connectivity index is 2.13. The van der Waals surface area contributed by atoms with Gasteiger partial charge in [-0.2, -0.15) is 0 Å². The molecule has 0 radical (unpaired) electrons. The first-order valence-corrected chi connectivity index (χ1v) is 7.02. The summed E-state index contributed by atoms with van der Waals surface area (Å²) >= 11 is 0. The summed E-state index contributed by atoms with van der Waals surface area (Å²) in [5.74, 6) is 0.166. The van der Waals surface area contributed by atoms with Crippen LogP contribution in [-0.2, 0) is 11.2 Å². The topological polar surface area (TPSA) is 32.3 Å². The summed E-state index contributed by atoms with van der Waals surface area (Å²) in [6.45, 7) is 9.56. The van der Waals surface area contributed by atoms with Crippen LogP contribution in [0.5, 0.6) is 0 Å². The lowest BCUT2D eigenvalue weighted by Crippen LogP contribution is -2.46. The average Bonchev–Trinajstić information content (AvgIpc) is 2.34. The molecule has 1 aliphatic rings. The molecule has 0 fully saturated rings. The van der Waals surface area contributed by atoms with Crippen molar-refractivity contribution in [3.8, 4) is 0 Å². The molecule has 0 spiro atoms. The number of hydrogen-bond acceptors (Lipinski definition) is 2. The molecule has 3 nitrogen and oxygen atoms in total. The second-order valence-electron chi connectivity index (χ2n) is 6.38. The molecule has 3 heteroatoms. The number of aryl methyl sites for hydroxylation is 2. The van der Waals surface area contributed by atoms with Gasteiger partial charge in [-0.1, -0.05) is 17.7 Å². The van der Waals surface area contributed by atoms with Crippen LogP contribution in [0.15, 0.2) is 18.2 Å². The first-order chi connectivity index (χ1) is 8.87. The van der Waals surface area contributed by atoms with Gasteiger partial charge < -0.3 is 10.2 Å². The van der Waals surface area contributed by atoms with E-state index in [4.69, 9.17) is 0 Å². The zero-order valence-corrected chi connectivity index (χ0v) is 12.4. The van der Waals surface area contributed by atoms with E-state index in [0.29, 0.717) is 6.54 Å². The first kappa shape index (κ1) is 14.1. The predicted octanol–water partition coefficient (Wildman–Crippen LogP) is 2.66. The van der Waals surface area contributed by atoms with Crippen molar-refractivity contribution in [1.29, 1.82) is 0 Å². The Morgan fingerprint density at radius 3 is 2.79 bits per heavy atom. The van der Waals surface area contributed by atoms with Crippen LogP contribution in [0.2, 0.25) is 0 Å². The fourth-order valence-corrected chi connectivity index (χ4v) is 2.42. The summed E-state index contributed by atoms with van der Waals surface area (Å²) in [5, 5.41) is 3.27. The normalized spacial score (nSPS) is 15.3. The van der Waals surface area contributed by atoms with Gasteiger partial charge in [-0.3, -0.25) is 4.79 Å². The van der Waals surface area contributed by atoms with Crippen molar-refractivity contribution in [3.05, 3.63) is 29.3 Å². The molecule has 2 rings (SSSR count). The van der Waals surface area contributed by atoms with Crippen LogP contribution in [0.1, 0.15) is 38.3 Å². The van der Waals surface area contributed by atoms with E-state index >= 15 is 0 Å². The van der Waals surface area contributed by atoms with Crippen molar-refractivity contribution in [2.45, 2.75) is 46.1 Å². The molecule has 104 valence electrons. The van der Waals surface area contributed by atoms with E-state index in [2.05, 4.69) is 51.2 Å². The molecule has 0 aliphatic carbocycles. The van der Waals surface area contributed by atoms with E-state index in [1.165, 1.54) is 11.1 Å². The first-order valence-electron chi connectivity index (χ1n) is 7.02. The Morgan fingerprint density at radius 1 is 1.37 bits per heavy atom. The quantitative estimate of drug-likeness (QED) is 0.886. The molecular formula is C16H24N2O. The summed E-state index contributed by atoms with van der Waals surface area (Å²) in [5.41, 5.74) is 3.63. The maximum absolute atomic E-state index is 12.4. The van der Waals surface area contributed by atoms with Gasteiger partial charge in [0.05, 0.1) is 6.54 Å². The Hall–Kier alpha value is -1.35. The lowest BCUT2D eigenvalue weighted by atomic mass is 9.99. The SMILES string of the molecule is Cc1ccc2c(c1)CCCN2C(=O)CNC(C)(C)C. The van der Waals surface area contributed by atoms with Crippen LogP contribution in [0.4, 0.5) is 5.69 Å². The minimum absolute atomic E-state index is 0.0262. The van der Waals surface area contributed by atoms with Crippen LogP contribution in [0.3, 0.4) is 0 Å². The highest BCUT2D eigenvalue weighted by Gasteiger charge is 2.23. The third-order valence-corrected chi connectivity index (χ3v) is 3.42. The molecule has 1 N–H and O–H groups in total. The predicted molar refractivity (Wildman–Crippen MR) is 79.6 cm³/mol. The maximum Gasteiger partial charge on any atom is 0.240 e. The van der Waals surface area contributed by atoms with E-state index in [1.807, 2.05) is 4.90 Å². The number of hydrogen-bond donors (Lipinski definition) is 1. The second kappa shape index (κ2) is 5.33. The molecule has 0 unspecified atom stereocenters. The summed E-state index contributed by atoms with van der Waals surface area (Å²) < 4.78 is 0. The van der Waals surface area contributed by atoms with Crippen molar-refractivity contribution >= 4 is 11.6 Å². The number of fused-ring (bicyclic) bond motifs is 1. The molecule has 0 atom stereocenters. The van der Waals surface area contributed by atoms with Gasteiger partial charge in [0.15, 0.2) is 0 Å². The number of nitrogens with zero attached hydrogens (tertiary/aromatic N) is 1. The summed E-state index contributed by atoms with van der Waals surface area (Å²) in [7, 11) is 0. The molecule has 1 amide bonds. The number of amides is 1. The highest BCUT2D eigenvalue weighted by molar-refractivity contribution is 5.96. The van der Waals surface area contributed by atoms with Crippen LogP contribution in [-0.4, -0.2) is 24.5 Å². The molecule has 1 aromatic carbocycles. The molecule has 1 heterocycles. The molecule has 0 saturated carbocycles. The smallest absolute Gasteiger partial charge is 0.240 e. The van der Waals surface area contributed by atoms with Crippen molar-refractivity contribution in [2.75, 3.05) is 18.0 Å². The minimum Gasteiger partial charge on any atom is -0.311 e. The van der Waals surface area contributed by atoms with Crippen molar-refractivity contribution in [3.63, 3.8) is 0 Å². The van der Waals surface area contributed by atoms with Gasteiger partial charge in [-0.25, -0.2) is 0 Å². The van der Waals surface area contributed by atoms with E-state index in [1.54, 1.807) is 0 Å². The zero-order valence-electron chi connectivity index (χ0n) is 12.4. The molecule has 0 saturated heterocycles. The lowest BCUT2D eigenvalue weighted by molar-refractivity contribution is -0.118. The zero-order chi connectivity index (χ0) is 14.0. The largest absolute Gasteiger partial charge is 0.311 e. The van der Waals surface area contributed by atoms with E-state index < -0.39 is 0 Å². The molecule has 19 heavy (non-hydrogen) atoms. The van der Waals surface area contributed by atoms with Crippen molar-refractivity contribution < 1.29 is 4.79 Å². The Morgan fingerprint density at radius 2 is 2.11 bits per heavy atom. The molecule has 1 aromatic rings. The van der Waals surface area contributed by atoms with Gasteiger partial charge in [0.2, 0.25) is 5.91 Å². The van der Waals surface area contributed by atoms with E-state index in [0.717, 1.165) is 25.1 Å². The van der Waals surface area contributed by atoms with Crippen LogP contribution < -0.4 is 10.2 Å². The third-order valence-electron chi connectivity index (χ3n) is 3.42.